The molecule has 0 aliphatic heterocycles. The standard InChI is InChI=1S/C40H42N6/c1-25(2)30-15-12-16-31(26(3)4)37(30)45-24-29(44-39(45)38-41-19-20-42-38)23-28-21-27(40(5,6)7)22-36(43-28)46-34-17-10-8-13-32(34)33-14-9-11-18-35(33)46/h8-22,24-26H,23H2,1-7H3,(H,41,42,44)/p+1. The van der Waals surface area contributed by atoms with Gasteiger partial charge in [-0.1, -0.05) is 103 Å². The van der Waals surface area contributed by atoms with Gasteiger partial charge in [0.25, 0.3) is 0 Å². The molecule has 7 rings (SSSR count). The maximum atomic E-state index is 5.36. The molecule has 7 aromatic rings. The number of hydrogen-bond acceptors (Lipinski definition) is 2. The Morgan fingerprint density at radius 3 is 2.00 bits per heavy atom. The molecule has 0 saturated carbocycles. The van der Waals surface area contributed by atoms with Crippen molar-refractivity contribution >= 4 is 21.8 Å². The van der Waals surface area contributed by atoms with Crippen LogP contribution < -0.4 is 4.57 Å². The van der Waals surface area contributed by atoms with Crippen molar-refractivity contribution in [2.45, 2.75) is 72.1 Å². The summed E-state index contributed by atoms with van der Waals surface area (Å²) in [7, 11) is 0. The van der Waals surface area contributed by atoms with E-state index in [9.17, 15) is 0 Å². The highest BCUT2D eigenvalue weighted by Gasteiger charge is 2.28. The smallest absolute Gasteiger partial charge is 0.328 e. The molecule has 6 heteroatoms. The van der Waals surface area contributed by atoms with Crippen molar-refractivity contribution < 1.29 is 4.57 Å². The van der Waals surface area contributed by atoms with Crippen LogP contribution in [0, 0.1) is 0 Å². The van der Waals surface area contributed by atoms with E-state index in [1.165, 1.54) is 33.2 Å². The minimum absolute atomic E-state index is 0.0530. The summed E-state index contributed by atoms with van der Waals surface area (Å²) in [5.41, 5.74) is 9.48. The molecule has 2 N–H and O–H groups in total. The van der Waals surface area contributed by atoms with Crippen molar-refractivity contribution in [1.29, 1.82) is 0 Å². The first-order chi connectivity index (χ1) is 22.1. The molecule has 0 aliphatic carbocycles. The molecule has 0 aliphatic rings. The highest BCUT2D eigenvalue weighted by molar-refractivity contribution is 6.09. The second-order valence-electron chi connectivity index (χ2n) is 14.0. The van der Waals surface area contributed by atoms with Crippen LogP contribution in [0.4, 0.5) is 0 Å². The molecule has 6 nitrogen and oxygen atoms in total. The average Bonchev–Trinajstić information content (AvgIpc) is 3.78. The van der Waals surface area contributed by atoms with Crippen molar-refractivity contribution in [3.05, 3.63) is 126 Å². The van der Waals surface area contributed by atoms with E-state index in [0.717, 1.165) is 39.9 Å². The van der Waals surface area contributed by atoms with Gasteiger partial charge in [-0.2, -0.15) is 4.57 Å². The van der Waals surface area contributed by atoms with Crippen LogP contribution in [-0.4, -0.2) is 24.5 Å². The molecule has 0 bridgehead atoms. The highest BCUT2D eigenvalue weighted by Crippen LogP contribution is 2.34. The van der Waals surface area contributed by atoms with Crippen molar-refractivity contribution in [1.82, 2.24) is 24.5 Å². The third kappa shape index (κ3) is 5.22. The number of nitrogens with zero attached hydrogens (tertiary/aromatic N) is 4. The summed E-state index contributed by atoms with van der Waals surface area (Å²) in [6, 6.07) is 28.5. The summed E-state index contributed by atoms with van der Waals surface area (Å²) in [4.78, 5) is 17.1. The van der Waals surface area contributed by atoms with E-state index in [-0.39, 0.29) is 5.41 Å². The Bertz CT molecular complexity index is 2090. The van der Waals surface area contributed by atoms with Gasteiger partial charge in [-0.3, -0.25) is 4.57 Å². The zero-order valence-corrected chi connectivity index (χ0v) is 27.9. The van der Waals surface area contributed by atoms with E-state index < -0.39 is 0 Å². The molecule has 0 atom stereocenters. The number of rotatable bonds is 7. The van der Waals surface area contributed by atoms with Gasteiger partial charge in [0.1, 0.15) is 23.4 Å². The average molecular weight is 608 g/mol. The Kier molecular flexibility index (Phi) is 7.39. The first kappa shape index (κ1) is 29.7. The largest absolute Gasteiger partial charge is 0.338 e. The monoisotopic (exact) mass is 607 g/mol. The molecule has 3 aromatic carbocycles. The number of benzene rings is 3. The van der Waals surface area contributed by atoms with Gasteiger partial charge < -0.3 is 4.98 Å². The van der Waals surface area contributed by atoms with Gasteiger partial charge in [0.15, 0.2) is 0 Å². The summed E-state index contributed by atoms with van der Waals surface area (Å²) < 4.78 is 4.63. The third-order valence-corrected chi connectivity index (χ3v) is 9.02. The number of imidazole rings is 2. The van der Waals surface area contributed by atoms with Crippen molar-refractivity contribution in [2.24, 2.45) is 0 Å². The minimum Gasteiger partial charge on any atom is -0.338 e. The SMILES string of the molecule is CC(C)c1cccc(C(C)C)c1-[n+]1cc(Cc2cc(C(C)(C)C)cc(-n3c4ccccc4c4ccccc43)n2)[nH]c1-c1ncc[nH]1. The maximum absolute atomic E-state index is 5.36. The van der Waals surface area contributed by atoms with E-state index in [1.807, 2.05) is 12.4 Å². The molecular weight excluding hydrogens is 564 g/mol. The third-order valence-electron chi connectivity index (χ3n) is 9.02. The fraction of sp³-hybridized carbons (Fsp3) is 0.275. The minimum atomic E-state index is -0.0530. The number of para-hydroxylation sites is 3. The number of aromatic nitrogens is 6. The van der Waals surface area contributed by atoms with Gasteiger partial charge >= 0.3 is 5.82 Å². The lowest BCUT2D eigenvalue weighted by Crippen LogP contribution is -2.34. The van der Waals surface area contributed by atoms with E-state index in [1.54, 1.807) is 0 Å². The lowest BCUT2D eigenvalue weighted by Gasteiger charge is -2.21. The Labute approximate surface area is 271 Å². The van der Waals surface area contributed by atoms with E-state index >= 15 is 0 Å². The van der Waals surface area contributed by atoms with Crippen molar-refractivity contribution in [3.8, 4) is 23.2 Å². The lowest BCUT2D eigenvalue weighted by atomic mass is 9.87. The van der Waals surface area contributed by atoms with Crippen LogP contribution >= 0.6 is 0 Å². The van der Waals surface area contributed by atoms with Crippen LogP contribution in [0.5, 0.6) is 0 Å². The first-order valence-electron chi connectivity index (χ1n) is 16.4. The zero-order chi connectivity index (χ0) is 32.2. The molecule has 0 unspecified atom stereocenters. The fourth-order valence-electron chi connectivity index (χ4n) is 6.66. The number of nitrogens with one attached hydrogen (secondary N) is 2. The quantitative estimate of drug-likeness (QED) is 0.177. The number of pyridine rings is 1. The molecule has 0 spiro atoms. The summed E-state index contributed by atoms with van der Waals surface area (Å²) >= 11 is 0. The lowest BCUT2D eigenvalue weighted by molar-refractivity contribution is -0.584. The van der Waals surface area contributed by atoms with Gasteiger partial charge in [0, 0.05) is 34.3 Å². The second kappa shape index (κ2) is 11.4. The molecule has 0 radical (unpaired) electrons. The zero-order valence-electron chi connectivity index (χ0n) is 27.9. The molecule has 46 heavy (non-hydrogen) atoms. The topological polar surface area (TPSA) is 66.2 Å². The Balaban J connectivity index is 1.42. The van der Waals surface area contributed by atoms with Crippen molar-refractivity contribution in [3.63, 3.8) is 0 Å². The number of H-pyrrole nitrogens is 2. The highest BCUT2D eigenvalue weighted by atomic mass is 15.1. The van der Waals surface area contributed by atoms with E-state index in [2.05, 4.69) is 158 Å². The normalized spacial score (nSPS) is 12.3. The van der Waals surface area contributed by atoms with Gasteiger partial charge in [0.05, 0.1) is 23.1 Å². The van der Waals surface area contributed by atoms with Crippen LogP contribution in [-0.2, 0) is 11.8 Å². The van der Waals surface area contributed by atoms with Crippen molar-refractivity contribution in [2.75, 3.05) is 0 Å². The predicted octanol–water partition coefficient (Wildman–Crippen LogP) is 9.31. The molecule has 4 heterocycles. The Hall–Kier alpha value is -4.97. The summed E-state index contributed by atoms with van der Waals surface area (Å²) in [6.45, 7) is 15.9. The molecule has 232 valence electrons. The number of aromatic amines is 2. The molecule has 4 aromatic heterocycles. The van der Waals surface area contributed by atoms with Crippen LogP contribution in [0.3, 0.4) is 0 Å². The van der Waals surface area contributed by atoms with E-state index in [4.69, 9.17) is 4.98 Å². The van der Waals surface area contributed by atoms with Crippen LogP contribution in [0.25, 0.3) is 45.0 Å². The summed E-state index contributed by atoms with van der Waals surface area (Å²) in [5.74, 6) is 3.41. The second-order valence-corrected chi connectivity index (χ2v) is 14.0. The Morgan fingerprint density at radius 2 is 1.43 bits per heavy atom. The van der Waals surface area contributed by atoms with Gasteiger partial charge in [-0.05, 0) is 47.1 Å². The molecular formula is C40H43N6+. The Morgan fingerprint density at radius 1 is 0.804 bits per heavy atom. The molecule has 0 fully saturated rings. The van der Waals surface area contributed by atoms with E-state index in [0.29, 0.717) is 18.3 Å². The molecule has 0 amide bonds. The van der Waals surface area contributed by atoms with Crippen LogP contribution in [0.2, 0.25) is 0 Å². The van der Waals surface area contributed by atoms with Crippen LogP contribution in [0.1, 0.15) is 88.4 Å². The van der Waals surface area contributed by atoms with Gasteiger partial charge in [-0.25, -0.2) is 15.0 Å². The summed E-state index contributed by atoms with van der Waals surface area (Å²) in [5, 5.41) is 2.47. The van der Waals surface area contributed by atoms with Crippen LogP contribution in [0.15, 0.2) is 97.5 Å². The number of fused-ring (bicyclic) bond motifs is 3. The maximum Gasteiger partial charge on any atom is 0.328 e. The first-order valence-corrected chi connectivity index (χ1v) is 16.4. The fourth-order valence-corrected chi connectivity index (χ4v) is 6.66. The predicted molar refractivity (Wildman–Crippen MR) is 188 cm³/mol. The van der Waals surface area contributed by atoms with Gasteiger partial charge in [0.2, 0.25) is 5.82 Å². The van der Waals surface area contributed by atoms with Gasteiger partial charge in [-0.15, -0.1) is 0 Å². The molecule has 0 saturated heterocycles. The summed E-state index contributed by atoms with van der Waals surface area (Å²) in [6.07, 6.45) is 6.58. The number of hydrogen-bond donors (Lipinski definition) is 2.